The Balaban J connectivity index is 2.13. The number of rotatable bonds is 4. The fraction of sp³-hybridized carbons (Fsp3) is 0.600. The summed E-state index contributed by atoms with van der Waals surface area (Å²) >= 11 is 1.81. The summed E-state index contributed by atoms with van der Waals surface area (Å²) in [6.07, 6.45) is 3.64. The third-order valence-electron chi connectivity index (χ3n) is 3.30. The average Bonchev–Trinajstić information content (AvgIpc) is 2.95. The van der Waals surface area contributed by atoms with Crippen molar-refractivity contribution >= 4 is 11.3 Å². The minimum atomic E-state index is 0.111. The lowest BCUT2D eigenvalue weighted by molar-refractivity contribution is 0.482. The maximum absolute atomic E-state index is 4.73. The number of hydrogen-bond donors (Lipinski definition) is 2. The lowest BCUT2D eigenvalue weighted by Gasteiger charge is -2.18. The molecule has 4 nitrogen and oxygen atoms in total. The van der Waals surface area contributed by atoms with Crippen LogP contribution in [0, 0.1) is 6.92 Å². The van der Waals surface area contributed by atoms with Gasteiger partial charge in [0.2, 0.25) is 0 Å². The van der Waals surface area contributed by atoms with Crippen LogP contribution in [-0.2, 0) is 5.41 Å². The maximum atomic E-state index is 4.73. The maximum Gasteiger partial charge on any atom is 0.122 e. The monoisotopic (exact) mass is 292 g/mol. The summed E-state index contributed by atoms with van der Waals surface area (Å²) in [5.74, 6) is 0.968. The zero-order valence-electron chi connectivity index (χ0n) is 13.1. The van der Waals surface area contributed by atoms with Crippen LogP contribution < -0.4 is 5.32 Å². The van der Waals surface area contributed by atoms with Crippen molar-refractivity contribution in [3.05, 3.63) is 33.8 Å². The number of imidazole rings is 1. The summed E-state index contributed by atoms with van der Waals surface area (Å²) in [6.45, 7) is 13.0. The predicted molar refractivity (Wildman–Crippen MR) is 84.1 cm³/mol. The molecule has 2 aromatic heterocycles. The predicted octanol–water partition coefficient (Wildman–Crippen LogP) is 3.88. The molecule has 0 saturated carbocycles. The van der Waals surface area contributed by atoms with Gasteiger partial charge in [0.25, 0.3) is 0 Å². The summed E-state index contributed by atoms with van der Waals surface area (Å²) < 4.78 is 0. The van der Waals surface area contributed by atoms with E-state index in [1.54, 1.807) is 6.20 Å². The summed E-state index contributed by atoms with van der Waals surface area (Å²) in [5, 5.41) is 4.78. The molecule has 0 radical (unpaired) electrons. The van der Waals surface area contributed by atoms with Crippen LogP contribution in [0.4, 0.5) is 0 Å². The van der Waals surface area contributed by atoms with Gasteiger partial charge in [0.15, 0.2) is 0 Å². The molecular weight excluding hydrogens is 268 g/mol. The molecule has 0 saturated heterocycles. The van der Waals surface area contributed by atoms with Gasteiger partial charge in [-0.25, -0.2) is 9.97 Å². The van der Waals surface area contributed by atoms with Crippen LogP contribution in [0.2, 0.25) is 0 Å². The van der Waals surface area contributed by atoms with Crippen LogP contribution in [0.3, 0.4) is 0 Å². The molecule has 0 fully saturated rings. The average molecular weight is 292 g/mol. The Morgan fingerprint density at radius 1 is 1.25 bits per heavy atom. The topological polar surface area (TPSA) is 53.6 Å². The van der Waals surface area contributed by atoms with E-state index in [9.17, 15) is 0 Å². The second kappa shape index (κ2) is 5.66. The lowest BCUT2D eigenvalue weighted by atomic mass is 9.98. The fourth-order valence-corrected chi connectivity index (χ4v) is 3.31. The van der Waals surface area contributed by atoms with Gasteiger partial charge >= 0.3 is 0 Å². The van der Waals surface area contributed by atoms with Crippen molar-refractivity contribution < 1.29 is 0 Å². The summed E-state index contributed by atoms with van der Waals surface area (Å²) in [4.78, 5) is 13.5. The van der Waals surface area contributed by atoms with Crippen molar-refractivity contribution in [3.8, 4) is 0 Å². The SMILES string of the molecule is Cc1nc(C(C)(C)C)sc1C(C)NC(C)c1ncc[nH]1. The van der Waals surface area contributed by atoms with Gasteiger partial charge in [-0.3, -0.25) is 0 Å². The quantitative estimate of drug-likeness (QED) is 0.899. The van der Waals surface area contributed by atoms with E-state index in [4.69, 9.17) is 4.98 Å². The van der Waals surface area contributed by atoms with E-state index < -0.39 is 0 Å². The summed E-state index contributed by atoms with van der Waals surface area (Å²) in [5.41, 5.74) is 1.24. The van der Waals surface area contributed by atoms with Gasteiger partial charge in [-0.15, -0.1) is 11.3 Å². The highest BCUT2D eigenvalue weighted by molar-refractivity contribution is 7.12. The second-order valence-electron chi connectivity index (χ2n) is 6.30. The molecule has 0 bridgehead atoms. The van der Waals surface area contributed by atoms with Crippen LogP contribution in [0.25, 0.3) is 0 Å². The normalized spacial score (nSPS) is 15.3. The number of aryl methyl sites for hydroxylation is 1. The largest absolute Gasteiger partial charge is 0.347 e. The van der Waals surface area contributed by atoms with E-state index in [-0.39, 0.29) is 17.5 Å². The Bertz CT molecular complexity index is 551. The Hall–Kier alpha value is -1.20. The van der Waals surface area contributed by atoms with E-state index in [0.29, 0.717) is 0 Å². The molecule has 20 heavy (non-hydrogen) atoms. The van der Waals surface area contributed by atoms with Gasteiger partial charge in [-0.05, 0) is 20.8 Å². The number of H-pyrrole nitrogens is 1. The standard InChI is InChI=1S/C15H24N4S/c1-9(18-11(3)13-16-7-8-17-13)12-10(2)19-14(20-12)15(4,5)6/h7-9,11,18H,1-6H3,(H,16,17). The third-order valence-corrected chi connectivity index (χ3v) is 5.06. The Kier molecular flexibility index (Phi) is 4.30. The van der Waals surface area contributed by atoms with E-state index in [2.05, 4.69) is 56.8 Å². The molecule has 0 aromatic carbocycles. The highest BCUT2D eigenvalue weighted by atomic mass is 32.1. The molecule has 2 aromatic rings. The van der Waals surface area contributed by atoms with Gasteiger partial charge < -0.3 is 10.3 Å². The Morgan fingerprint density at radius 3 is 2.45 bits per heavy atom. The van der Waals surface area contributed by atoms with Crippen LogP contribution in [-0.4, -0.2) is 15.0 Å². The Labute approximate surface area is 125 Å². The molecule has 5 heteroatoms. The molecule has 0 aliphatic rings. The smallest absolute Gasteiger partial charge is 0.122 e. The molecule has 0 amide bonds. The molecule has 2 N–H and O–H groups in total. The number of nitrogens with zero attached hydrogens (tertiary/aromatic N) is 2. The highest BCUT2D eigenvalue weighted by Crippen LogP contribution is 2.33. The van der Waals surface area contributed by atoms with Gasteiger partial charge in [0, 0.05) is 28.7 Å². The van der Waals surface area contributed by atoms with Crippen molar-refractivity contribution in [3.63, 3.8) is 0 Å². The second-order valence-corrected chi connectivity index (χ2v) is 7.33. The van der Waals surface area contributed by atoms with Crippen LogP contribution in [0.15, 0.2) is 12.4 Å². The molecule has 110 valence electrons. The molecule has 0 spiro atoms. The minimum absolute atomic E-state index is 0.111. The van der Waals surface area contributed by atoms with Crippen molar-refractivity contribution in [2.45, 2.75) is 59.0 Å². The number of aromatic nitrogens is 3. The number of aromatic amines is 1. The first-order valence-corrected chi connectivity index (χ1v) is 7.84. The van der Waals surface area contributed by atoms with E-state index in [0.717, 1.165) is 11.5 Å². The zero-order valence-corrected chi connectivity index (χ0v) is 13.9. The first-order valence-electron chi connectivity index (χ1n) is 7.02. The van der Waals surface area contributed by atoms with Crippen LogP contribution in [0.5, 0.6) is 0 Å². The minimum Gasteiger partial charge on any atom is -0.347 e. The molecule has 2 unspecified atom stereocenters. The third kappa shape index (κ3) is 3.27. The summed E-state index contributed by atoms with van der Waals surface area (Å²) in [6, 6.07) is 0.461. The van der Waals surface area contributed by atoms with Crippen molar-refractivity contribution in [2.75, 3.05) is 0 Å². The zero-order chi connectivity index (χ0) is 14.9. The lowest BCUT2D eigenvalue weighted by Crippen LogP contribution is -2.23. The fourth-order valence-electron chi connectivity index (χ4n) is 2.17. The first kappa shape index (κ1) is 15.2. The van der Waals surface area contributed by atoms with E-state index in [1.807, 2.05) is 17.5 Å². The Morgan fingerprint density at radius 2 is 1.95 bits per heavy atom. The van der Waals surface area contributed by atoms with Crippen molar-refractivity contribution in [1.82, 2.24) is 20.3 Å². The van der Waals surface area contributed by atoms with Crippen molar-refractivity contribution in [1.29, 1.82) is 0 Å². The highest BCUT2D eigenvalue weighted by Gasteiger charge is 2.23. The van der Waals surface area contributed by atoms with Gasteiger partial charge in [0.1, 0.15) is 5.82 Å². The molecular formula is C15H24N4S. The molecule has 0 aliphatic heterocycles. The molecule has 2 atom stereocenters. The van der Waals surface area contributed by atoms with Crippen LogP contribution >= 0.6 is 11.3 Å². The first-order chi connectivity index (χ1) is 9.29. The number of hydrogen-bond acceptors (Lipinski definition) is 4. The van der Waals surface area contributed by atoms with Gasteiger partial charge in [-0.1, -0.05) is 20.8 Å². The summed E-state index contributed by atoms with van der Waals surface area (Å²) in [7, 11) is 0. The van der Waals surface area contributed by atoms with Gasteiger partial charge in [0.05, 0.1) is 16.7 Å². The molecule has 2 rings (SSSR count). The number of thiazole rings is 1. The molecule has 2 heterocycles. The molecule has 0 aliphatic carbocycles. The van der Waals surface area contributed by atoms with E-state index in [1.165, 1.54) is 9.88 Å². The van der Waals surface area contributed by atoms with Crippen LogP contribution in [0.1, 0.15) is 68.1 Å². The van der Waals surface area contributed by atoms with Gasteiger partial charge in [-0.2, -0.15) is 0 Å². The van der Waals surface area contributed by atoms with Crippen molar-refractivity contribution in [2.24, 2.45) is 0 Å². The van der Waals surface area contributed by atoms with E-state index >= 15 is 0 Å². The number of nitrogens with one attached hydrogen (secondary N) is 2.